The van der Waals surface area contributed by atoms with Crippen LogP contribution in [0.3, 0.4) is 0 Å². The van der Waals surface area contributed by atoms with E-state index in [-0.39, 0.29) is 35.0 Å². The van der Waals surface area contributed by atoms with Crippen molar-refractivity contribution in [3.8, 4) is 11.4 Å². The van der Waals surface area contributed by atoms with Crippen molar-refractivity contribution >= 4 is 28.4 Å². The Balaban J connectivity index is 1.43. The number of imidazole rings is 1. The molecule has 1 aliphatic rings. The molecule has 0 bridgehead atoms. The highest BCUT2D eigenvalue weighted by Gasteiger charge is 2.34. The zero-order chi connectivity index (χ0) is 29.8. The predicted octanol–water partition coefficient (Wildman–Crippen LogP) is 4.10. The van der Waals surface area contributed by atoms with Crippen LogP contribution in [-0.4, -0.2) is 36.5 Å². The van der Waals surface area contributed by atoms with Gasteiger partial charge in [0, 0.05) is 24.8 Å². The Bertz CT molecular complexity index is 1930. The molecule has 0 radical (unpaired) electrons. The molecule has 1 aliphatic carbocycles. The van der Waals surface area contributed by atoms with E-state index in [1.54, 1.807) is 23.5 Å². The number of nitrogens with one attached hydrogen (secondary N) is 1. The lowest BCUT2D eigenvalue weighted by Crippen LogP contribution is -2.41. The molecule has 0 unspecified atom stereocenters. The molecule has 218 valence electrons. The van der Waals surface area contributed by atoms with Crippen molar-refractivity contribution in [3.63, 3.8) is 0 Å². The third-order valence-electron chi connectivity index (χ3n) is 7.74. The summed E-state index contributed by atoms with van der Waals surface area (Å²) in [5, 5.41) is 0. The Morgan fingerprint density at radius 3 is 2.57 bits per heavy atom. The van der Waals surface area contributed by atoms with Crippen molar-refractivity contribution < 1.29 is 26.8 Å². The van der Waals surface area contributed by atoms with E-state index in [2.05, 4.69) is 15.0 Å². The maximum absolute atomic E-state index is 13.5. The Morgan fingerprint density at radius 1 is 1.17 bits per heavy atom. The average molecular weight is 583 g/mol. The molecule has 14 heteroatoms. The topological polar surface area (TPSA) is 123 Å². The smallest absolute Gasteiger partial charge is 0.432 e. The van der Waals surface area contributed by atoms with Gasteiger partial charge in [0.2, 0.25) is 0 Å². The van der Waals surface area contributed by atoms with Crippen LogP contribution >= 0.6 is 0 Å². The van der Waals surface area contributed by atoms with Gasteiger partial charge in [-0.1, -0.05) is 12.8 Å². The van der Waals surface area contributed by atoms with Crippen LogP contribution in [0.5, 0.6) is 0 Å². The second kappa shape index (κ2) is 10.3. The molecule has 0 aliphatic heterocycles. The van der Waals surface area contributed by atoms with Crippen LogP contribution < -0.4 is 20.5 Å². The van der Waals surface area contributed by atoms with Gasteiger partial charge in [-0.25, -0.2) is 14.6 Å². The molecular weight excluding hydrogens is 555 g/mol. The van der Waals surface area contributed by atoms with E-state index in [1.165, 1.54) is 26.7 Å². The van der Waals surface area contributed by atoms with Crippen LogP contribution in [0.2, 0.25) is 0 Å². The zero-order valence-corrected chi connectivity index (χ0v) is 22.8. The monoisotopic (exact) mass is 582 g/mol. The molecular formula is C28H27F3N7O4+. The molecule has 11 nitrogen and oxygen atoms in total. The molecule has 42 heavy (non-hydrogen) atoms. The van der Waals surface area contributed by atoms with Gasteiger partial charge in [-0.05, 0) is 44.9 Å². The summed E-state index contributed by atoms with van der Waals surface area (Å²) in [5.74, 6) is 0.171. The van der Waals surface area contributed by atoms with Crippen molar-refractivity contribution in [2.75, 3.05) is 11.4 Å². The SMILES string of the molecule is CCN(C(=O)c1ccc(C(F)(F)F)nc1)c1ccc(-c2nc3c([nH]2)c(=O)n(C2CCCC2)c(=O)n3CC)c2coc[n+]12. The zero-order valence-electron chi connectivity index (χ0n) is 22.8. The number of aryl methyl sites for hydroxylation is 1. The first-order valence-corrected chi connectivity index (χ1v) is 13.6. The fraction of sp³-hybridized carbons (Fsp3) is 0.357. The molecule has 5 aromatic heterocycles. The molecule has 0 saturated heterocycles. The normalized spacial score (nSPS) is 14.3. The number of oxazole rings is 1. The first kappa shape index (κ1) is 27.4. The largest absolute Gasteiger partial charge is 0.433 e. The number of hydrogen-bond donors (Lipinski definition) is 1. The number of aromatic nitrogens is 6. The molecule has 5 aromatic rings. The summed E-state index contributed by atoms with van der Waals surface area (Å²) in [6.07, 6.45) is 2.59. The number of pyridine rings is 2. The third-order valence-corrected chi connectivity index (χ3v) is 7.74. The Morgan fingerprint density at radius 2 is 1.93 bits per heavy atom. The summed E-state index contributed by atoms with van der Waals surface area (Å²) in [6.45, 7) is 4.07. The number of fused-ring (bicyclic) bond motifs is 2. The van der Waals surface area contributed by atoms with Crippen molar-refractivity contribution in [3.05, 3.63) is 75.2 Å². The van der Waals surface area contributed by atoms with Crippen LogP contribution in [-0.2, 0) is 12.7 Å². The van der Waals surface area contributed by atoms with E-state index in [4.69, 9.17) is 4.42 Å². The number of carbonyl (C=O) groups is 1. The Hall–Kier alpha value is -4.75. The number of hydrogen-bond acceptors (Lipinski definition) is 6. The predicted molar refractivity (Wildman–Crippen MR) is 145 cm³/mol. The molecule has 6 rings (SSSR count). The third kappa shape index (κ3) is 4.37. The van der Waals surface area contributed by atoms with Crippen LogP contribution in [0.25, 0.3) is 28.1 Å². The second-order valence-corrected chi connectivity index (χ2v) is 10.1. The van der Waals surface area contributed by atoms with Gasteiger partial charge in [0.15, 0.2) is 11.2 Å². The van der Waals surface area contributed by atoms with E-state index < -0.39 is 23.3 Å². The van der Waals surface area contributed by atoms with E-state index in [0.717, 1.165) is 44.0 Å². The highest BCUT2D eigenvalue weighted by molar-refractivity contribution is 6.05. The highest BCUT2D eigenvalue weighted by atomic mass is 19.4. The number of rotatable bonds is 6. The Kier molecular flexibility index (Phi) is 6.70. The molecule has 1 saturated carbocycles. The summed E-state index contributed by atoms with van der Waals surface area (Å²) in [4.78, 5) is 52.6. The summed E-state index contributed by atoms with van der Waals surface area (Å²) in [7, 11) is 0. The van der Waals surface area contributed by atoms with Gasteiger partial charge in [-0.3, -0.25) is 18.9 Å². The summed E-state index contributed by atoms with van der Waals surface area (Å²) >= 11 is 0. The minimum absolute atomic E-state index is 0.0143. The fourth-order valence-corrected chi connectivity index (χ4v) is 5.67. The van der Waals surface area contributed by atoms with E-state index >= 15 is 0 Å². The van der Waals surface area contributed by atoms with E-state index in [9.17, 15) is 27.6 Å². The summed E-state index contributed by atoms with van der Waals surface area (Å²) < 4.78 is 48.8. The number of nitrogens with zero attached hydrogens (tertiary/aromatic N) is 6. The van der Waals surface area contributed by atoms with E-state index in [1.807, 2.05) is 6.92 Å². The number of carbonyl (C=O) groups excluding carboxylic acids is 1. The highest BCUT2D eigenvalue weighted by Crippen LogP contribution is 2.30. The number of aromatic amines is 1. The number of halogens is 3. The molecule has 5 heterocycles. The average Bonchev–Trinajstić information content (AvgIpc) is 3.75. The maximum atomic E-state index is 13.5. The van der Waals surface area contributed by atoms with Crippen molar-refractivity contribution in [1.82, 2.24) is 24.1 Å². The summed E-state index contributed by atoms with van der Waals surface area (Å²) in [5.41, 5.74) is -0.368. The molecule has 0 atom stereocenters. The standard InChI is InChI=1S/C28H26F3N7O4/c1-3-35(25(39)16-9-11-20(32-13-16)28(29,30)31)21-12-10-18(19-14-42-15-37(19)21)23-33-22-24(34-23)36(4-2)27(41)38(26(22)40)17-7-5-6-8-17/h9-15,17H,3-8H2,1-2H3/p+1. The van der Waals surface area contributed by atoms with Gasteiger partial charge < -0.3 is 9.40 Å². The quantitative estimate of drug-likeness (QED) is 0.301. The minimum atomic E-state index is -4.62. The lowest BCUT2D eigenvalue weighted by Gasteiger charge is -2.14. The summed E-state index contributed by atoms with van der Waals surface area (Å²) in [6, 6.07) is 5.05. The molecule has 1 N–H and O–H groups in total. The van der Waals surface area contributed by atoms with Crippen molar-refractivity contribution in [2.24, 2.45) is 0 Å². The van der Waals surface area contributed by atoms with Gasteiger partial charge in [-0.15, -0.1) is 0 Å². The first-order chi connectivity index (χ1) is 20.1. The second-order valence-electron chi connectivity index (χ2n) is 10.1. The van der Waals surface area contributed by atoms with Crippen molar-refractivity contribution in [2.45, 2.75) is 58.3 Å². The number of amides is 1. The van der Waals surface area contributed by atoms with Gasteiger partial charge in [0.05, 0.1) is 17.7 Å². The molecule has 0 aromatic carbocycles. The van der Waals surface area contributed by atoms with Gasteiger partial charge in [0.25, 0.3) is 17.8 Å². The maximum Gasteiger partial charge on any atom is 0.433 e. The Labute approximate surface area is 235 Å². The number of anilines is 1. The van der Waals surface area contributed by atoms with Crippen LogP contribution in [0.1, 0.15) is 61.6 Å². The molecule has 1 amide bonds. The van der Waals surface area contributed by atoms with Gasteiger partial charge >= 0.3 is 17.8 Å². The first-order valence-electron chi connectivity index (χ1n) is 13.6. The van der Waals surface area contributed by atoms with Crippen molar-refractivity contribution in [1.29, 1.82) is 0 Å². The molecule has 0 spiro atoms. The van der Waals surface area contributed by atoms with Crippen LogP contribution in [0, 0.1) is 0 Å². The fourth-order valence-electron chi connectivity index (χ4n) is 5.67. The van der Waals surface area contributed by atoms with E-state index in [0.29, 0.717) is 29.3 Å². The number of alkyl halides is 3. The van der Waals surface area contributed by atoms with Crippen LogP contribution in [0.15, 0.2) is 57.1 Å². The van der Waals surface area contributed by atoms with Gasteiger partial charge in [0.1, 0.15) is 23.3 Å². The number of H-pyrrole nitrogens is 1. The van der Waals surface area contributed by atoms with Gasteiger partial charge in [-0.2, -0.15) is 22.5 Å². The molecule has 1 fully saturated rings. The lowest BCUT2D eigenvalue weighted by atomic mass is 10.2. The minimum Gasteiger partial charge on any atom is -0.432 e. The van der Waals surface area contributed by atoms with Crippen LogP contribution in [0.4, 0.5) is 19.0 Å². The lowest BCUT2D eigenvalue weighted by molar-refractivity contribution is -0.503.